The predicted octanol–water partition coefficient (Wildman–Crippen LogP) is 4.23. The first kappa shape index (κ1) is 16.2. The zero-order valence-electron chi connectivity index (χ0n) is 13.2. The van der Waals surface area contributed by atoms with Crippen molar-refractivity contribution < 1.29 is 14.2 Å². The first-order valence-corrected chi connectivity index (χ1v) is 8.10. The fourth-order valence-corrected chi connectivity index (χ4v) is 3.19. The molecule has 0 aliphatic heterocycles. The van der Waals surface area contributed by atoms with Crippen molar-refractivity contribution in [1.29, 1.82) is 0 Å². The number of methoxy groups -OCH3 is 1. The number of aromatic hydroxyl groups is 1. The van der Waals surface area contributed by atoms with Crippen LogP contribution in [0.25, 0.3) is 10.4 Å². The Morgan fingerprint density at radius 2 is 2.00 bits per heavy atom. The quantitative estimate of drug-likeness (QED) is 0.724. The summed E-state index contributed by atoms with van der Waals surface area (Å²) >= 11 is 1.33. The van der Waals surface area contributed by atoms with Gasteiger partial charge >= 0.3 is 0 Å². The molecule has 0 aliphatic carbocycles. The molecule has 1 aromatic carbocycles. The first-order chi connectivity index (χ1) is 11.6. The molecular weight excluding hydrogens is 329 g/mol. The third-order valence-electron chi connectivity index (χ3n) is 3.53. The van der Waals surface area contributed by atoms with Crippen molar-refractivity contribution in [2.75, 3.05) is 12.4 Å². The van der Waals surface area contributed by atoms with E-state index in [1.54, 1.807) is 30.5 Å². The maximum absolute atomic E-state index is 13.0. The van der Waals surface area contributed by atoms with E-state index in [2.05, 4.69) is 15.3 Å². The van der Waals surface area contributed by atoms with Gasteiger partial charge in [-0.15, -0.1) is 0 Å². The van der Waals surface area contributed by atoms with Crippen LogP contribution in [0.4, 0.5) is 9.52 Å². The lowest BCUT2D eigenvalue weighted by molar-refractivity contribution is 0.398. The Hall–Kier alpha value is -2.67. The van der Waals surface area contributed by atoms with E-state index < -0.39 is 0 Å². The molecule has 0 saturated heterocycles. The molecule has 5 nitrogen and oxygen atoms in total. The summed E-state index contributed by atoms with van der Waals surface area (Å²) in [6.07, 6.45) is 1.61. The highest BCUT2D eigenvalue weighted by Gasteiger charge is 2.15. The smallest absolute Gasteiger partial charge is 0.232 e. The van der Waals surface area contributed by atoms with Crippen molar-refractivity contribution in [1.82, 2.24) is 9.97 Å². The van der Waals surface area contributed by atoms with E-state index in [0.29, 0.717) is 15.9 Å². The van der Waals surface area contributed by atoms with Crippen LogP contribution >= 0.6 is 11.3 Å². The average molecular weight is 345 g/mol. The van der Waals surface area contributed by atoms with Crippen molar-refractivity contribution in [2.45, 2.75) is 13.0 Å². The van der Waals surface area contributed by atoms with Gasteiger partial charge in [0.2, 0.25) is 11.8 Å². The molecule has 0 fully saturated rings. The van der Waals surface area contributed by atoms with Crippen LogP contribution < -0.4 is 10.1 Å². The standard InChI is InChI=1S/C17H16FN3O2S/c1-10(11-3-5-13(18)6-4-11)20-17-21-16(22)15(24-17)12-7-8-19-14(9-12)23-2/h3-10,22H,1-2H3,(H,20,21)/t10-/m0/s1. The van der Waals surface area contributed by atoms with E-state index in [1.807, 2.05) is 6.92 Å². The van der Waals surface area contributed by atoms with E-state index in [9.17, 15) is 9.50 Å². The number of benzene rings is 1. The fourth-order valence-electron chi connectivity index (χ4n) is 2.24. The molecule has 0 spiro atoms. The largest absolute Gasteiger partial charge is 0.492 e. The Morgan fingerprint density at radius 1 is 1.25 bits per heavy atom. The monoisotopic (exact) mass is 345 g/mol. The topological polar surface area (TPSA) is 67.3 Å². The summed E-state index contributed by atoms with van der Waals surface area (Å²) in [5.41, 5.74) is 1.71. The highest BCUT2D eigenvalue weighted by Crippen LogP contribution is 2.39. The van der Waals surface area contributed by atoms with Crippen LogP contribution in [0.3, 0.4) is 0 Å². The molecule has 2 aromatic heterocycles. The Bertz CT molecular complexity index is 836. The molecule has 3 rings (SSSR count). The third-order valence-corrected chi connectivity index (χ3v) is 4.55. The molecule has 0 radical (unpaired) electrons. The van der Waals surface area contributed by atoms with Crippen molar-refractivity contribution in [2.24, 2.45) is 0 Å². The Balaban J connectivity index is 1.82. The average Bonchev–Trinajstić information content (AvgIpc) is 2.95. The molecule has 124 valence electrons. The minimum atomic E-state index is -0.272. The summed E-state index contributed by atoms with van der Waals surface area (Å²) in [5.74, 6) is 0.142. The van der Waals surface area contributed by atoms with Gasteiger partial charge in [0, 0.05) is 17.8 Å². The van der Waals surface area contributed by atoms with Crippen LogP contribution in [0, 0.1) is 5.82 Å². The number of hydrogen-bond acceptors (Lipinski definition) is 6. The molecule has 24 heavy (non-hydrogen) atoms. The lowest BCUT2D eigenvalue weighted by Crippen LogP contribution is -2.06. The van der Waals surface area contributed by atoms with Gasteiger partial charge in [-0.2, -0.15) is 4.98 Å². The fraction of sp³-hybridized carbons (Fsp3) is 0.176. The summed E-state index contributed by atoms with van der Waals surface area (Å²) in [6.45, 7) is 1.95. The first-order valence-electron chi connectivity index (χ1n) is 7.29. The molecule has 1 atom stereocenters. The summed E-state index contributed by atoms with van der Waals surface area (Å²) in [7, 11) is 1.54. The van der Waals surface area contributed by atoms with E-state index in [1.165, 1.54) is 30.6 Å². The molecule has 2 heterocycles. The zero-order chi connectivity index (χ0) is 17.1. The molecule has 0 aliphatic rings. The summed E-state index contributed by atoms with van der Waals surface area (Å²) in [4.78, 5) is 8.83. The zero-order valence-corrected chi connectivity index (χ0v) is 14.0. The SMILES string of the molecule is COc1cc(-c2sc(N[C@@H](C)c3ccc(F)cc3)nc2O)ccn1. The van der Waals surface area contributed by atoms with Gasteiger partial charge in [0.25, 0.3) is 0 Å². The van der Waals surface area contributed by atoms with Crippen LogP contribution in [0.2, 0.25) is 0 Å². The number of rotatable bonds is 5. The van der Waals surface area contributed by atoms with E-state index >= 15 is 0 Å². The summed E-state index contributed by atoms with van der Waals surface area (Å²) < 4.78 is 18.1. The second-order valence-electron chi connectivity index (χ2n) is 5.18. The van der Waals surface area contributed by atoms with Crippen LogP contribution in [-0.2, 0) is 0 Å². The summed E-state index contributed by atoms with van der Waals surface area (Å²) in [6, 6.07) is 9.72. The van der Waals surface area contributed by atoms with Crippen LogP contribution in [-0.4, -0.2) is 22.2 Å². The molecule has 0 saturated carbocycles. The highest BCUT2D eigenvalue weighted by atomic mass is 32.1. The lowest BCUT2D eigenvalue weighted by Gasteiger charge is -2.12. The normalized spacial score (nSPS) is 12.0. The number of aromatic nitrogens is 2. The van der Waals surface area contributed by atoms with Crippen molar-refractivity contribution in [3.05, 3.63) is 54.0 Å². The summed E-state index contributed by atoms with van der Waals surface area (Å²) in [5, 5.41) is 13.9. The Kier molecular flexibility index (Phi) is 4.61. The van der Waals surface area contributed by atoms with E-state index in [-0.39, 0.29) is 17.7 Å². The molecule has 0 unspecified atom stereocenters. The van der Waals surface area contributed by atoms with E-state index in [0.717, 1.165) is 11.1 Å². The molecular formula is C17H16FN3O2S. The van der Waals surface area contributed by atoms with Crippen molar-refractivity contribution in [3.63, 3.8) is 0 Å². The van der Waals surface area contributed by atoms with E-state index in [4.69, 9.17) is 4.74 Å². The van der Waals surface area contributed by atoms with Gasteiger partial charge in [0.15, 0.2) is 5.13 Å². The highest BCUT2D eigenvalue weighted by molar-refractivity contribution is 7.19. The van der Waals surface area contributed by atoms with Gasteiger partial charge in [0.1, 0.15) is 10.7 Å². The predicted molar refractivity (Wildman–Crippen MR) is 92.0 cm³/mol. The molecule has 3 aromatic rings. The van der Waals surface area contributed by atoms with Crippen LogP contribution in [0.1, 0.15) is 18.5 Å². The second-order valence-corrected chi connectivity index (χ2v) is 6.18. The van der Waals surface area contributed by atoms with Crippen LogP contribution in [0.15, 0.2) is 42.6 Å². The minimum Gasteiger partial charge on any atom is -0.492 e. The number of hydrogen-bond donors (Lipinski definition) is 2. The molecule has 7 heteroatoms. The van der Waals surface area contributed by atoms with Gasteiger partial charge in [-0.25, -0.2) is 9.37 Å². The van der Waals surface area contributed by atoms with Gasteiger partial charge < -0.3 is 15.2 Å². The number of nitrogens with one attached hydrogen (secondary N) is 1. The van der Waals surface area contributed by atoms with Crippen molar-refractivity contribution in [3.8, 4) is 22.2 Å². The number of ether oxygens (including phenoxy) is 1. The molecule has 0 bridgehead atoms. The maximum Gasteiger partial charge on any atom is 0.232 e. The molecule has 2 N–H and O–H groups in total. The van der Waals surface area contributed by atoms with Gasteiger partial charge in [0.05, 0.1) is 13.2 Å². The molecule has 0 amide bonds. The van der Waals surface area contributed by atoms with Gasteiger partial charge in [-0.1, -0.05) is 23.5 Å². The van der Waals surface area contributed by atoms with Crippen molar-refractivity contribution >= 4 is 16.5 Å². The number of pyridine rings is 1. The van der Waals surface area contributed by atoms with Crippen LogP contribution in [0.5, 0.6) is 11.8 Å². The number of anilines is 1. The number of thiazole rings is 1. The second kappa shape index (κ2) is 6.84. The maximum atomic E-state index is 13.0. The van der Waals surface area contributed by atoms with Gasteiger partial charge in [-0.05, 0) is 30.7 Å². The lowest BCUT2D eigenvalue weighted by atomic mass is 10.1. The van der Waals surface area contributed by atoms with Gasteiger partial charge in [-0.3, -0.25) is 0 Å². The number of nitrogens with zero attached hydrogens (tertiary/aromatic N) is 2. The Labute approximate surface area is 142 Å². The Morgan fingerprint density at radius 3 is 2.71 bits per heavy atom. The minimum absolute atomic E-state index is 0.0536. The number of halogens is 1. The third kappa shape index (κ3) is 3.46.